The van der Waals surface area contributed by atoms with Gasteiger partial charge >= 0.3 is 0 Å². The Kier molecular flexibility index (Phi) is 7.55. The Balaban J connectivity index is 1.63. The highest BCUT2D eigenvalue weighted by molar-refractivity contribution is 14.1. The molecule has 0 heterocycles. The van der Waals surface area contributed by atoms with E-state index in [0.717, 1.165) is 25.7 Å². The van der Waals surface area contributed by atoms with Crippen molar-refractivity contribution >= 4 is 41.4 Å². The third-order valence-electron chi connectivity index (χ3n) is 9.66. The van der Waals surface area contributed by atoms with Crippen LogP contribution in [-0.2, 0) is 0 Å². The van der Waals surface area contributed by atoms with Crippen molar-refractivity contribution in [3.63, 3.8) is 0 Å². The number of allylic oxidation sites excluding steroid dienone is 1. The van der Waals surface area contributed by atoms with Gasteiger partial charge in [-0.1, -0.05) is 48.1 Å². The molecule has 0 amide bonds. The molecule has 10 unspecified atom stereocenters. The van der Waals surface area contributed by atoms with E-state index in [4.69, 9.17) is 18.0 Å². The summed E-state index contributed by atoms with van der Waals surface area (Å²) in [6.45, 7) is 4.45. The summed E-state index contributed by atoms with van der Waals surface area (Å²) in [5, 5.41) is 39.1. The van der Waals surface area contributed by atoms with Gasteiger partial charge in [0.2, 0.25) is 0 Å². The molecule has 3 fully saturated rings. The van der Waals surface area contributed by atoms with E-state index in [1.54, 1.807) is 6.21 Å². The summed E-state index contributed by atoms with van der Waals surface area (Å²) in [5.74, 6) is 3.07. The van der Waals surface area contributed by atoms with E-state index in [2.05, 4.69) is 42.5 Å². The van der Waals surface area contributed by atoms with Crippen LogP contribution < -0.4 is 0 Å². The maximum Gasteiger partial charge on any atom is 0.151 e. The number of hydrogen-bond acceptors (Lipinski definition) is 5. The highest BCUT2D eigenvalue weighted by Gasteiger charge is 2.60. The van der Waals surface area contributed by atoms with Gasteiger partial charge in [0.05, 0.1) is 6.10 Å². The van der Waals surface area contributed by atoms with Crippen LogP contribution in [0.25, 0.3) is 0 Å². The largest absolute Gasteiger partial charge is 0.392 e. The van der Waals surface area contributed by atoms with Gasteiger partial charge in [0.15, 0.2) is 6.29 Å². The molecular formula is C25H40INO3S. The minimum absolute atomic E-state index is 0.238. The van der Waals surface area contributed by atoms with Gasteiger partial charge in [0.25, 0.3) is 0 Å². The SMILES string of the molecule is CC(CCC(O)O)C1=CCC2C3C(I)CC4CC(S)CC[C@H]4C(C=N)C3CC(O)C12C. The van der Waals surface area contributed by atoms with Crippen molar-refractivity contribution in [1.29, 1.82) is 5.41 Å². The van der Waals surface area contributed by atoms with E-state index in [-0.39, 0.29) is 17.3 Å². The number of nitrogens with one attached hydrogen (secondary N) is 1. The first-order chi connectivity index (χ1) is 14.7. The molecule has 176 valence electrons. The van der Waals surface area contributed by atoms with Gasteiger partial charge in [-0.25, -0.2) is 0 Å². The molecule has 3 saturated carbocycles. The number of hydrogen-bond donors (Lipinski definition) is 5. The minimum atomic E-state index is -1.26. The van der Waals surface area contributed by atoms with Crippen molar-refractivity contribution in [2.75, 3.05) is 0 Å². The molecule has 0 aromatic heterocycles. The van der Waals surface area contributed by atoms with Gasteiger partial charge in [-0.05, 0) is 99.0 Å². The third-order valence-corrected chi connectivity index (χ3v) is 11.5. The van der Waals surface area contributed by atoms with E-state index in [0.29, 0.717) is 45.2 Å². The number of thiol groups is 1. The third kappa shape index (κ3) is 4.30. The van der Waals surface area contributed by atoms with Crippen molar-refractivity contribution in [3.05, 3.63) is 11.6 Å². The topological polar surface area (TPSA) is 84.5 Å². The van der Waals surface area contributed by atoms with Gasteiger partial charge in [0.1, 0.15) is 0 Å². The van der Waals surface area contributed by atoms with Crippen molar-refractivity contribution in [2.45, 2.75) is 86.8 Å². The molecule has 0 aromatic rings. The molecule has 0 aliphatic heterocycles. The first-order valence-corrected chi connectivity index (χ1v) is 14.0. The fourth-order valence-corrected chi connectivity index (χ4v) is 10.3. The lowest BCUT2D eigenvalue weighted by Crippen LogP contribution is -2.53. The lowest BCUT2D eigenvalue weighted by atomic mass is 9.52. The Bertz CT molecular complexity index is 702. The van der Waals surface area contributed by atoms with E-state index in [1.165, 1.54) is 24.8 Å². The molecule has 4 N–H and O–H groups in total. The van der Waals surface area contributed by atoms with Crippen molar-refractivity contribution in [2.24, 2.45) is 46.8 Å². The van der Waals surface area contributed by atoms with E-state index in [9.17, 15) is 15.3 Å². The van der Waals surface area contributed by atoms with Crippen LogP contribution in [0.2, 0.25) is 0 Å². The average Bonchev–Trinajstić information content (AvgIpc) is 3.01. The number of halogens is 1. The average molecular weight is 562 g/mol. The predicted octanol–water partition coefficient (Wildman–Crippen LogP) is 4.85. The zero-order valence-electron chi connectivity index (χ0n) is 18.8. The summed E-state index contributed by atoms with van der Waals surface area (Å²) < 4.78 is 0.567. The van der Waals surface area contributed by atoms with E-state index < -0.39 is 12.4 Å². The van der Waals surface area contributed by atoms with Crippen LogP contribution in [0.3, 0.4) is 0 Å². The lowest BCUT2D eigenvalue weighted by Gasteiger charge is -2.54. The highest BCUT2D eigenvalue weighted by atomic mass is 127. The van der Waals surface area contributed by atoms with Gasteiger partial charge in [-0.2, -0.15) is 12.6 Å². The maximum absolute atomic E-state index is 11.6. The Morgan fingerprint density at radius 1 is 1.23 bits per heavy atom. The molecule has 31 heavy (non-hydrogen) atoms. The zero-order chi connectivity index (χ0) is 22.5. The van der Waals surface area contributed by atoms with Crippen LogP contribution in [0.1, 0.15) is 65.2 Å². The fraction of sp³-hybridized carbons (Fsp3) is 0.880. The van der Waals surface area contributed by atoms with Crippen LogP contribution in [0.5, 0.6) is 0 Å². The second kappa shape index (κ2) is 9.55. The normalized spacial score (nSPS) is 48.3. The molecule has 4 rings (SSSR count). The molecule has 0 radical (unpaired) electrons. The van der Waals surface area contributed by atoms with Crippen LogP contribution in [0.4, 0.5) is 0 Å². The van der Waals surface area contributed by atoms with Crippen LogP contribution in [0, 0.1) is 52.2 Å². The standard InChI is InChI=1S/C25H40INO3S/c1-13(3-8-23(29)30)19-6-7-20-24-17(11-22(28)25(19,20)2)18(12-27)16-5-4-15(31)9-14(16)10-21(24)26/h6,12-18,20-24,27-31H,3-5,7-11H2,1-2H3/t13?,14?,15?,16-,17?,18?,20?,21?,22?,24?,25?/m1/s1. The summed E-state index contributed by atoms with van der Waals surface area (Å²) in [4.78, 5) is 0. The van der Waals surface area contributed by atoms with Crippen LogP contribution in [-0.4, -0.2) is 43.1 Å². The Morgan fingerprint density at radius 3 is 2.65 bits per heavy atom. The summed E-state index contributed by atoms with van der Waals surface area (Å²) in [7, 11) is 0. The number of rotatable bonds is 5. The summed E-state index contributed by atoms with van der Waals surface area (Å²) in [6, 6.07) is 0. The monoisotopic (exact) mass is 561 g/mol. The predicted molar refractivity (Wildman–Crippen MR) is 137 cm³/mol. The molecule has 4 aliphatic carbocycles. The molecule has 0 aromatic carbocycles. The van der Waals surface area contributed by atoms with Gasteiger partial charge in [-0.3, -0.25) is 0 Å². The van der Waals surface area contributed by atoms with Gasteiger partial charge in [-0.15, -0.1) is 0 Å². The molecular weight excluding hydrogens is 521 g/mol. The van der Waals surface area contributed by atoms with Gasteiger partial charge in [0, 0.05) is 14.6 Å². The number of fused-ring (bicyclic) bond motifs is 4. The molecule has 6 heteroatoms. The number of aliphatic hydroxyl groups is 3. The second-order valence-corrected chi connectivity index (χ2v) is 13.5. The van der Waals surface area contributed by atoms with E-state index in [1.807, 2.05) is 0 Å². The summed E-state index contributed by atoms with van der Waals surface area (Å²) in [6.07, 6.45) is 10.1. The molecule has 11 atom stereocenters. The maximum atomic E-state index is 11.6. The van der Waals surface area contributed by atoms with Crippen molar-refractivity contribution in [1.82, 2.24) is 0 Å². The molecule has 0 bridgehead atoms. The quantitative estimate of drug-likeness (QED) is 0.0831. The second-order valence-electron chi connectivity index (χ2n) is 11.1. The van der Waals surface area contributed by atoms with Crippen LogP contribution >= 0.6 is 35.2 Å². The van der Waals surface area contributed by atoms with E-state index >= 15 is 0 Å². The zero-order valence-corrected chi connectivity index (χ0v) is 21.9. The minimum Gasteiger partial charge on any atom is -0.392 e. The van der Waals surface area contributed by atoms with Crippen LogP contribution in [0.15, 0.2) is 11.6 Å². The summed E-state index contributed by atoms with van der Waals surface area (Å²) in [5.41, 5.74) is 1.09. The molecule has 0 spiro atoms. The molecule has 0 saturated heterocycles. The van der Waals surface area contributed by atoms with Crippen molar-refractivity contribution in [3.8, 4) is 0 Å². The first kappa shape index (κ1) is 24.5. The Morgan fingerprint density at radius 2 is 1.97 bits per heavy atom. The molecule has 4 aliphatic rings. The molecule has 4 nitrogen and oxygen atoms in total. The summed E-state index contributed by atoms with van der Waals surface area (Å²) >= 11 is 7.53. The van der Waals surface area contributed by atoms with Crippen molar-refractivity contribution < 1.29 is 15.3 Å². The smallest absolute Gasteiger partial charge is 0.151 e. The lowest BCUT2D eigenvalue weighted by molar-refractivity contribution is -0.0783. The Labute approximate surface area is 206 Å². The number of aliphatic hydroxyl groups excluding tert-OH is 2. The Hall–Kier alpha value is 0.370. The van der Waals surface area contributed by atoms with Gasteiger partial charge < -0.3 is 20.7 Å². The fourth-order valence-electron chi connectivity index (χ4n) is 8.16. The highest BCUT2D eigenvalue weighted by Crippen LogP contribution is 2.64. The number of alkyl halides is 1. The first-order valence-electron chi connectivity index (χ1n) is 12.3.